The molecule has 0 aliphatic rings. The number of rotatable bonds is 15. The predicted molar refractivity (Wildman–Crippen MR) is 85.4 cm³/mol. The molecule has 0 rings (SSSR count). The summed E-state index contributed by atoms with van der Waals surface area (Å²) in [4.78, 5) is 10.7. The van der Waals surface area contributed by atoms with E-state index in [2.05, 4.69) is 6.92 Å². The second kappa shape index (κ2) is 14.3. The molecule has 0 saturated heterocycles. The second-order valence-corrected chi connectivity index (χ2v) is 7.01. The fourth-order valence-electron chi connectivity index (χ4n) is 2.50. The van der Waals surface area contributed by atoms with Crippen LogP contribution in [-0.4, -0.2) is 16.7 Å². The Labute approximate surface area is 129 Å². The molecule has 21 heavy (non-hydrogen) atoms. The van der Waals surface area contributed by atoms with E-state index in [0.717, 1.165) is 12.8 Å². The molecule has 4 nitrogen and oxygen atoms in total. The summed E-state index contributed by atoms with van der Waals surface area (Å²) in [5, 5.41) is 8.74. The van der Waals surface area contributed by atoms with Gasteiger partial charge in [-0.2, -0.15) is 0 Å². The lowest BCUT2D eigenvalue weighted by molar-refractivity contribution is -0.136. The fraction of sp³-hybridized carbons (Fsp3) is 0.938. The Kier molecular flexibility index (Phi) is 13.9. The number of carboxylic acids is 1. The van der Waals surface area contributed by atoms with Crippen LogP contribution in [0, 0.1) is 0 Å². The lowest BCUT2D eigenvalue weighted by Gasteiger charge is -2.04. The van der Waals surface area contributed by atoms with Gasteiger partial charge in [-0.1, -0.05) is 84.0 Å². The van der Waals surface area contributed by atoms with Gasteiger partial charge >= 0.3 is 13.6 Å². The zero-order valence-electron chi connectivity index (χ0n) is 13.4. The highest BCUT2D eigenvalue weighted by Crippen LogP contribution is 2.21. The zero-order chi connectivity index (χ0) is 15.9. The van der Waals surface area contributed by atoms with Crippen molar-refractivity contribution >= 4 is 13.6 Å². The van der Waals surface area contributed by atoms with Gasteiger partial charge in [0.05, 0.1) is 0 Å². The van der Waals surface area contributed by atoms with E-state index >= 15 is 0 Å². The van der Waals surface area contributed by atoms with Gasteiger partial charge in [-0.05, 0) is 6.42 Å². The molecule has 0 saturated carbocycles. The van der Waals surface area contributed by atoms with Crippen molar-refractivity contribution in [2.75, 3.05) is 0 Å². The Bertz CT molecular complexity index is 318. The Morgan fingerprint density at radius 3 is 1.52 bits per heavy atom. The fourth-order valence-corrected chi connectivity index (χ4v) is 3.07. The van der Waals surface area contributed by atoms with Crippen molar-refractivity contribution in [1.82, 2.24) is 0 Å². The summed E-state index contributed by atoms with van der Waals surface area (Å²) < 4.78 is 21.5. The van der Waals surface area contributed by atoms with Crippen LogP contribution in [0.15, 0.2) is 0 Å². The first-order valence-corrected chi connectivity index (χ1v) is 9.70. The van der Waals surface area contributed by atoms with Crippen molar-refractivity contribution < 1.29 is 19.0 Å². The molecular weight excluding hydrogens is 287 g/mol. The van der Waals surface area contributed by atoms with Gasteiger partial charge in [-0.3, -0.25) is 4.79 Å². The molecule has 0 aromatic rings. The minimum atomic E-state index is -2.84. The Morgan fingerprint density at radius 1 is 0.810 bits per heavy atom. The first-order chi connectivity index (χ1) is 10.1. The number of carbonyl (C=O) groups is 1. The van der Waals surface area contributed by atoms with Gasteiger partial charge in [-0.25, -0.2) is 9.13 Å². The molecule has 1 unspecified atom stereocenters. The van der Waals surface area contributed by atoms with E-state index in [9.17, 15) is 13.9 Å². The average molecular weight is 318 g/mol. The molecule has 0 heterocycles. The van der Waals surface area contributed by atoms with Gasteiger partial charge in [0.25, 0.3) is 0 Å². The summed E-state index contributed by atoms with van der Waals surface area (Å²) >= 11 is 0. The summed E-state index contributed by atoms with van der Waals surface area (Å²) in [6.07, 6.45) is 14.7. The number of hydrogen-bond acceptors (Lipinski definition) is 3. The molecule has 0 aliphatic carbocycles. The number of unbranched alkanes of at least 4 members (excludes halogenated alkanes) is 11. The van der Waals surface area contributed by atoms with Crippen LogP contribution in [0.1, 0.15) is 90.4 Å². The quantitative estimate of drug-likeness (QED) is 0.310. The van der Waals surface area contributed by atoms with E-state index in [0.29, 0.717) is 6.42 Å². The SMILES string of the molecule is CCCCCCCCCCCCCCC(C(=O)O)P(=O)=O. The van der Waals surface area contributed by atoms with Crippen LogP contribution in [-0.2, 0) is 13.9 Å². The van der Waals surface area contributed by atoms with Crippen LogP contribution < -0.4 is 0 Å². The van der Waals surface area contributed by atoms with Crippen LogP contribution in [0.5, 0.6) is 0 Å². The van der Waals surface area contributed by atoms with Crippen molar-refractivity contribution in [3.05, 3.63) is 0 Å². The summed E-state index contributed by atoms with van der Waals surface area (Å²) in [6, 6.07) is 0. The van der Waals surface area contributed by atoms with E-state index in [1.54, 1.807) is 0 Å². The molecule has 0 aliphatic heterocycles. The van der Waals surface area contributed by atoms with Gasteiger partial charge < -0.3 is 5.11 Å². The highest BCUT2D eigenvalue weighted by Gasteiger charge is 2.22. The Hall–Kier alpha value is -0.630. The maximum absolute atomic E-state index is 10.7. The first kappa shape index (κ1) is 20.4. The van der Waals surface area contributed by atoms with Crippen LogP contribution in [0.4, 0.5) is 0 Å². The van der Waals surface area contributed by atoms with E-state index < -0.39 is 19.3 Å². The summed E-state index contributed by atoms with van der Waals surface area (Å²) in [7, 11) is -2.84. The number of carboxylic acid groups (broad SMARTS) is 1. The normalized spacial score (nSPS) is 12.2. The van der Waals surface area contributed by atoms with Crippen LogP contribution in [0.3, 0.4) is 0 Å². The van der Waals surface area contributed by atoms with Crippen molar-refractivity contribution in [2.45, 2.75) is 96.1 Å². The van der Waals surface area contributed by atoms with E-state index in [4.69, 9.17) is 5.11 Å². The molecule has 0 fully saturated rings. The first-order valence-electron chi connectivity index (χ1n) is 8.46. The summed E-state index contributed by atoms with van der Waals surface area (Å²) in [5.74, 6) is -1.21. The van der Waals surface area contributed by atoms with E-state index in [-0.39, 0.29) is 6.42 Å². The highest BCUT2D eigenvalue weighted by atomic mass is 31.1. The van der Waals surface area contributed by atoms with Crippen molar-refractivity contribution in [3.8, 4) is 0 Å². The minimum Gasteiger partial charge on any atom is -0.480 e. The Morgan fingerprint density at radius 2 is 1.19 bits per heavy atom. The van der Waals surface area contributed by atoms with E-state index in [1.165, 1.54) is 57.8 Å². The standard InChI is InChI=1S/C16H31O4P/c1-2-3-4-5-6-7-8-9-10-11-12-13-14-15(16(17)18)21(19)20/h15H,2-14H2,1H3,(H,17,18). The molecular formula is C16H31O4P. The second-order valence-electron chi connectivity index (χ2n) is 5.82. The minimum absolute atomic E-state index is 0.255. The molecule has 1 N–H and O–H groups in total. The van der Waals surface area contributed by atoms with Gasteiger partial charge in [0.15, 0.2) is 5.66 Å². The molecule has 0 spiro atoms. The molecule has 0 aromatic carbocycles. The molecule has 5 heteroatoms. The van der Waals surface area contributed by atoms with Crippen LogP contribution >= 0.6 is 7.68 Å². The average Bonchev–Trinajstić information content (AvgIpc) is 2.43. The Balaban J connectivity index is 3.31. The lowest BCUT2D eigenvalue weighted by atomic mass is 10.0. The highest BCUT2D eigenvalue weighted by molar-refractivity contribution is 7.33. The third-order valence-corrected chi connectivity index (χ3v) is 4.86. The molecule has 0 aromatic heterocycles. The largest absolute Gasteiger partial charge is 0.480 e. The monoisotopic (exact) mass is 318 g/mol. The van der Waals surface area contributed by atoms with Gasteiger partial charge in [0.1, 0.15) is 0 Å². The van der Waals surface area contributed by atoms with Crippen molar-refractivity contribution in [3.63, 3.8) is 0 Å². The summed E-state index contributed by atoms with van der Waals surface area (Å²) in [5.41, 5.74) is -1.19. The molecule has 1 atom stereocenters. The van der Waals surface area contributed by atoms with Gasteiger partial charge in [0.2, 0.25) is 0 Å². The van der Waals surface area contributed by atoms with Crippen LogP contribution in [0.2, 0.25) is 0 Å². The number of aliphatic carboxylic acids is 1. The van der Waals surface area contributed by atoms with Gasteiger partial charge in [0, 0.05) is 0 Å². The van der Waals surface area contributed by atoms with Crippen molar-refractivity contribution in [1.29, 1.82) is 0 Å². The topological polar surface area (TPSA) is 71.4 Å². The summed E-state index contributed by atoms with van der Waals surface area (Å²) in [6.45, 7) is 2.23. The maximum Gasteiger partial charge on any atom is 0.330 e. The molecule has 0 amide bonds. The van der Waals surface area contributed by atoms with Crippen molar-refractivity contribution in [2.24, 2.45) is 0 Å². The van der Waals surface area contributed by atoms with E-state index in [1.807, 2.05) is 0 Å². The van der Waals surface area contributed by atoms with Gasteiger partial charge in [-0.15, -0.1) is 0 Å². The maximum atomic E-state index is 10.7. The molecule has 0 bridgehead atoms. The third-order valence-electron chi connectivity index (χ3n) is 3.87. The molecule has 0 radical (unpaired) electrons. The third kappa shape index (κ3) is 12.8. The predicted octanol–water partition coefficient (Wildman–Crippen LogP) is 5.70. The van der Waals surface area contributed by atoms with Crippen LogP contribution in [0.25, 0.3) is 0 Å². The zero-order valence-corrected chi connectivity index (χ0v) is 14.3. The molecule has 124 valence electrons. The lowest BCUT2D eigenvalue weighted by Crippen LogP contribution is -2.14. The smallest absolute Gasteiger partial charge is 0.330 e. The number of hydrogen-bond donors (Lipinski definition) is 1.